The second-order valence-corrected chi connectivity index (χ2v) is 3.15. The quantitative estimate of drug-likeness (QED) is 0.726. The molecule has 1 aromatic heterocycles. The van der Waals surface area contributed by atoms with Crippen molar-refractivity contribution >= 4 is 11.0 Å². The highest BCUT2D eigenvalue weighted by Crippen LogP contribution is 2.13. The van der Waals surface area contributed by atoms with Crippen LogP contribution >= 0.6 is 0 Å². The third-order valence-corrected chi connectivity index (χ3v) is 2.07. The Morgan fingerprint density at radius 2 is 2.31 bits per heavy atom. The fourth-order valence-corrected chi connectivity index (χ4v) is 1.46. The molecule has 0 amide bonds. The lowest BCUT2D eigenvalue weighted by atomic mass is 10.1. The number of aryl methyl sites for hydroxylation is 1. The van der Waals surface area contributed by atoms with Gasteiger partial charge in [-0.3, -0.25) is 0 Å². The van der Waals surface area contributed by atoms with Crippen molar-refractivity contribution in [1.29, 1.82) is 0 Å². The number of aromatic amines is 1. The number of imidazole rings is 1. The Balaban J connectivity index is 2.48. The van der Waals surface area contributed by atoms with Gasteiger partial charge in [0.25, 0.3) is 0 Å². The Morgan fingerprint density at radius 3 is 3.08 bits per heavy atom. The van der Waals surface area contributed by atoms with Gasteiger partial charge >= 0.3 is 0 Å². The first-order chi connectivity index (χ1) is 6.29. The van der Waals surface area contributed by atoms with Crippen LogP contribution in [0.3, 0.4) is 0 Å². The van der Waals surface area contributed by atoms with Crippen LogP contribution in [0.1, 0.15) is 11.4 Å². The van der Waals surface area contributed by atoms with E-state index < -0.39 is 0 Å². The Hall–Kier alpha value is -1.35. The van der Waals surface area contributed by atoms with Crippen molar-refractivity contribution < 1.29 is 5.11 Å². The van der Waals surface area contributed by atoms with Gasteiger partial charge in [0, 0.05) is 6.61 Å². The molecule has 0 bridgehead atoms. The van der Waals surface area contributed by atoms with E-state index >= 15 is 0 Å². The molecule has 0 spiro atoms. The maximum absolute atomic E-state index is 8.77. The predicted octanol–water partition coefficient (Wildman–Crippen LogP) is 1.41. The molecule has 2 rings (SSSR count). The van der Waals surface area contributed by atoms with Crippen LogP contribution in [0.4, 0.5) is 0 Å². The van der Waals surface area contributed by atoms with E-state index in [9.17, 15) is 0 Å². The van der Waals surface area contributed by atoms with E-state index in [4.69, 9.17) is 5.11 Å². The largest absolute Gasteiger partial charge is 0.396 e. The van der Waals surface area contributed by atoms with Crippen LogP contribution in [0.5, 0.6) is 0 Å². The van der Waals surface area contributed by atoms with Crippen LogP contribution in [0.15, 0.2) is 18.2 Å². The first-order valence-corrected chi connectivity index (χ1v) is 4.36. The normalized spacial score (nSPS) is 10.9. The summed E-state index contributed by atoms with van der Waals surface area (Å²) >= 11 is 0. The number of aliphatic hydroxyl groups excluding tert-OH is 1. The van der Waals surface area contributed by atoms with Gasteiger partial charge in [-0.2, -0.15) is 0 Å². The summed E-state index contributed by atoms with van der Waals surface area (Å²) in [6.07, 6.45) is 0.696. The Kier molecular flexibility index (Phi) is 2.02. The van der Waals surface area contributed by atoms with E-state index in [1.54, 1.807) is 0 Å². The topological polar surface area (TPSA) is 48.9 Å². The molecule has 0 radical (unpaired) electrons. The smallest absolute Gasteiger partial charge is 0.104 e. The lowest BCUT2D eigenvalue weighted by Crippen LogP contribution is -1.89. The van der Waals surface area contributed by atoms with Gasteiger partial charge in [-0.15, -0.1) is 0 Å². The van der Waals surface area contributed by atoms with Crippen molar-refractivity contribution in [2.45, 2.75) is 13.3 Å². The summed E-state index contributed by atoms with van der Waals surface area (Å²) in [7, 11) is 0. The molecule has 0 saturated carbocycles. The lowest BCUT2D eigenvalue weighted by Gasteiger charge is -1.96. The van der Waals surface area contributed by atoms with Crippen LogP contribution in [0.25, 0.3) is 11.0 Å². The van der Waals surface area contributed by atoms with Gasteiger partial charge in [0.1, 0.15) is 5.82 Å². The fourth-order valence-electron chi connectivity index (χ4n) is 1.46. The molecule has 68 valence electrons. The first-order valence-electron chi connectivity index (χ1n) is 4.36. The van der Waals surface area contributed by atoms with Gasteiger partial charge < -0.3 is 10.1 Å². The average molecular weight is 176 g/mol. The standard InChI is InChI=1S/C10H12N2O/c1-7-11-9-3-2-8(4-5-13)6-10(9)12-7/h2-3,6,13H,4-5H2,1H3,(H,11,12). The molecule has 2 aromatic rings. The Morgan fingerprint density at radius 1 is 1.46 bits per heavy atom. The van der Waals surface area contributed by atoms with Crippen molar-refractivity contribution in [1.82, 2.24) is 9.97 Å². The number of benzene rings is 1. The molecule has 13 heavy (non-hydrogen) atoms. The summed E-state index contributed by atoms with van der Waals surface area (Å²) in [5, 5.41) is 8.77. The third kappa shape index (κ3) is 1.55. The maximum atomic E-state index is 8.77. The second-order valence-electron chi connectivity index (χ2n) is 3.15. The summed E-state index contributed by atoms with van der Waals surface area (Å²) in [6, 6.07) is 6.02. The molecule has 0 atom stereocenters. The number of aromatic nitrogens is 2. The second kappa shape index (κ2) is 3.18. The van der Waals surface area contributed by atoms with Gasteiger partial charge in [-0.25, -0.2) is 4.98 Å². The molecule has 0 unspecified atom stereocenters. The maximum Gasteiger partial charge on any atom is 0.104 e. The minimum absolute atomic E-state index is 0.189. The van der Waals surface area contributed by atoms with Gasteiger partial charge in [0.05, 0.1) is 11.0 Å². The highest BCUT2D eigenvalue weighted by Gasteiger charge is 1.99. The fraction of sp³-hybridized carbons (Fsp3) is 0.300. The number of fused-ring (bicyclic) bond motifs is 1. The minimum atomic E-state index is 0.189. The molecule has 0 aliphatic rings. The van der Waals surface area contributed by atoms with Crippen LogP contribution in [0.2, 0.25) is 0 Å². The predicted molar refractivity (Wildman–Crippen MR) is 51.6 cm³/mol. The number of rotatable bonds is 2. The Labute approximate surface area is 76.4 Å². The zero-order valence-corrected chi connectivity index (χ0v) is 7.54. The first kappa shape index (κ1) is 8.26. The summed E-state index contributed by atoms with van der Waals surface area (Å²) in [6.45, 7) is 2.13. The summed E-state index contributed by atoms with van der Waals surface area (Å²) < 4.78 is 0. The molecule has 3 heteroatoms. The third-order valence-electron chi connectivity index (χ3n) is 2.07. The monoisotopic (exact) mass is 176 g/mol. The van der Waals surface area contributed by atoms with Crippen molar-refractivity contribution in [2.24, 2.45) is 0 Å². The van der Waals surface area contributed by atoms with E-state index in [-0.39, 0.29) is 6.61 Å². The summed E-state index contributed by atoms with van der Waals surface area (Å²) in [5.74, 6) is 0.927. The number of nitrogens with one attached hydrogen (secondary N) is 1. The Bertz CT molecular complexity index is 420. The zero-order chi connectivity index (χ0) is 9.26. The number of hydrogen-bond acceptors (Lipinski definition) is 2. The minimum Gasteiger partial charge on any atom is -0.396 e. The number of H-pyrrole nitrogens is 1. The van der Waals surface area contributed by atoms with Crippen LogP contribution < -0.4 is 0 Å². The molecular weight excluding hydrogens is 164 g/mol. The van der Waals surface area contributed by atoms with E-state index in [0.29, 0.717) is 6.42 Å². The van der Waals surface area contributed by atoms with Gasteiger partial charge in [-0.1, -0.05) is 6.07 Å². The SMILES string of the molecule is Cc1nc2cc(CCO)ccc2[nH]1. The average Bonchev–Trinajstić information content (AvgIpc) is 2.44. The molecule has 1 aromatic carbocycles. The molecule has 0 saturated heterocycles. The van der Waals surface area contributed by atoms with E-state index in [1.165, 1.54) is 0 Å². The number of nitrogens with zero attached hydrogens (tertiary/aromatic N) is 1. The highest BCUT2D eigenvalue weighted by molar-refractivity contribution is 5.75. The summed E-state index contributed by atoms with van der Waals surface area (Å²) in [4.78, 5) is 7.47. The van der Waals surface area contributed by atoms with Crippen LogP contribution in [0, 0.1) is 6.92 Å². The van der Waals surface area contributed by atoms with E-state index in [2.05, 4.69) is 9.97 Å². The van der Waals surface area contributed by atoms with Crippen molar-refractivity contribution in [2.75, 3.05) is 6.61 Å². The molecule has 0 aliphatic heterocycles. The molecule has 3 nitrogen and oxygen atoms in total. The van der Waals surface area contributed by atoms with Crippen molar-refractivity contribution in [3.8, 4) is 0 Å². The van der Waals surface area contributed by atoms with Gasteiger partial charge in [0.2, 0.25) is 0 Å². The van der Waals surface area contributed by atoms with Crippen LogP contribution in [-0.2, 0) is 6.42 Å². The lowest BCUT2D eigenvalue weighted by molar-refractivity contribution is 0.299. The molecule has 2 N–H and O–H groups in total. The van der Waals surface area contributed by atoms with Gasteiger partial charge in [0.15, 0.2) is 0 Å². The van der Waals surface area contributed by atoms with E-state index in [1.807, 2.05) is 25.1 Å². The molecule has 0 fully saturated rings. The summed E-state index contributed by atoms with van der Waals surface area (Å²) in [5.41, 5.74) is 3.16. The highest BCUT2D eigenvalue weighted by atomic mass is 16.2. The number of aliphatic hydroxyl groups is 1. The van der Waals surface area contributed by atoms with Crippen LogP contribution in [-0.4, -0.2) is 21.7 Å². The zero-order valence-electron chi connectivity index (χ0n) is 7.54. The molecule has 0 aliphatic carbocycles. The molecule has 1 heterocycles. The van der Waals surface area contributed by atoms with Gasteiger partial charge in [-0.05, 0) is 31.0 Å². The van der Waals surface area contributed by atoms with Crippen molar-refractivity contribution in [3.05, 3.63) is 29.6 Å². The number of hydrogen-bond donors (Lipinski definition) is 2. The van der Waals surface area contributed by atoms with E-state index in [0.717, 1.165) is 22.4 Å². The molecular formula is C10H12N2O. The van der Waals surface area contributed by atoms with Crippen molar-refractivity contribution in [3.63, 3.8) is 0 Å².